The molecule has 0 amide bonds. The van der Waals surface area contributed by atoms with Gasteiger partial charge in [0.25, 0.3) is 0 Å². The summed E-state index contributed by atoms with van der Waals surface area (Å²) in [4.78, 5) is 1.23. The van der Waals surface area contributed by atoms with Crippen molar-refractivity contribution < 1.29 is 5.11 Å². The van der Waals surface area contributed by atoms with Gasteiger partial charge in [0.1, 0.15) is 0 Å². The maximum Gasteiger partial charge on any atom is 0.0464 e. The van der Waals surface area contributed by atoms with E-state index in [1.165, 1.54) is 10.5 Å². The minimum absolute atomic E-state index is 0.249. The lowest BCUT2D eigenvalue weighted by Gasteiger charge is -2.13. The summed E-state index contributed by atoms with van der Waals surface area (Å²) in [6.07, 6.45) is 0. The van der Waals surface area contributed by atoms with E-state index in [1.807, 2.05) is 7.05 Å². The summed E-state index contributed by atoms with van der Waals surface area (Å²) in [6.45, 7) is 4.44. The zero-order valence-electron chi connectivity index (χ0n) is 10.5. The average molecular weight is 318 g/mol. The summed E-state index contributed by atoms with van der Waals surface area (Å²) in [5.41, 5.74) is 1.28. The van der Waals surface area contributed by atoms with Crippen LogP contribution < -0.4 is 5.32 Å². The highest BCUT2D eigenvalue weighted by Gasteiger charge is 2.08. The van der Waals surface area contributed by atoms with E-state index < -0.39 is 0 Å². The molecule has 1 rings (SSSR count). The molecule has 4 heteroatoms. The summed E-state index contributed by atoms with van der Waals surface area (Å²) in [5.74, 6) is 1.28. The first-order chi connectivity index (χ1) is 8.08. The van der Waals surface area contributed by atoms with Crippen molar-refractivity contribution in [2.24, 2.45) is 5.92 Å². The number of aliphatic hydroxyl groups excluding tert-OH is 1. The molecule has 0 saturated carbocycles. The van der Waals surface area contributed by atoms with Crippen LogP contribution in [0.2, 0.25) is 0 Å². The van der Waals surface area contributed by atoms with Crippen LogP contribution in [0.25, 0.3) is 0 Å². The van der Waals surface area contributed by atoms with Crippen molar-refractivity contribution in [1.82, 2.24) is 5.32 Å². The van der Waals surface area contributed by atoms with E-state index in [2.05, 4.69) is 53.3 Å². The Kier molecular flexibility index (Phi) is 6.55. The molecule has 0 saturated heterocycles. The number of hydrogen-bond donors (Lipinski definition) is 2. The van der Waals surface area contributed by atoms with E-state index in [1.54, 1.807) is 11.8 Å². The fourth-order valence-electron chi connectivity index (χ4n) is 1.35. The third-order valence-electron chi connectivity index (χ3n) is 2.72. The van der Waals surface area contributed by atoms with Crippen molar-refractivity contribution in [2.45, 2.75) is 24.8 Å². The Morgan fingerprint density at radius 1 is 1.41 bits per heavy atom. The molecule has 0 aliphatic carbocycles. The molecule has 96 valence electrons. The van der Waals surface area contributed by atoms with Gasteiger partial charge in [0, 0.05) is 27.8 Å². The molecule has 1 aromatic carbocycles. The Balaban J connectivity index is 2.69. The lowest BCUT2D eigenvalue weighted by molar-refractivity contribution is 0.250. The van der Waals surface area contributed by atoms with Gasteiger partial charge in [-0.2, -0.15) is 0 Å². The number of halogens is 1. The van der Waals surface area contributed by atoms with Crippen molar-refractivity contribution in [1.29, 1.82) is 0 Å². The van der Waals surface area contributed by atoms with Gasteiger partial charge < -0.3 is 10.4 Å². The molecule has 2 unspecified atom stereocenters. The van der Waals surface area contributed by atoms with Crippen LogP contribution in [-0.2, 0) is 0 Å². The molecule has 0 radical (unpaired) electrons. The largest absolute Gasteiger partial charge is 0.396 e. The Hall–Kier alpha value is -0.0300. The van der Waals surface area contributed by atoms with Crippen LogP contribution in [0.1, 0.15) is 25.5 Å². The predicted molar refractivity (Wildman–Crippen MR) is 78.6 cm³/mol. The van der Waals surface area contributed by atoms with Crippen LogP contribution in [0.15, 0.2) is 27.6 Å². The number of aliphatic hydroxyl groups is 1. The smallest absolute Gasteiger partial charge is 0.0464 e. The van der Waals surface area contributed by atoms with Gasteiger partial charge in [-0.25, -0.2) is 0 Å². The second-order valence-corrected chi connectivity index (χ2v) is 6.22. The van der Waals surface area contributed by atoms with Gasteiger partial charge in [0.05, 0.1) is 0 Å². The molecule has 0 heterocycles. The maximum atomic E-state index is 9.00. The molecule has 0 aliphatic heterocycles. The van der Waals surface area contributed by atoms with Gasteiger partial charge in [-0.1, -0.05) is 13.0 Å². The summed E-state index contributed by atoms with van der Waals surface area (Å²) in [7, 11) is 1.96. The lowest BCUT2D eigenvalue weighted by atomic mass is 10.1. The van der Waals surface area contributed by atoms with Crippen molar-refractivity contribution in [3.8, 4) is 0 Å². The average Bonchev–Trinajstić information content (AvgIpc) is 2.35. The highest BCUT2D eigenvalue weighted by Crippen LogP contribution is 2.31. The Morgan fingerprint density at radius 3 is 2.65 bits per heavy atom. The molecule has 1 aromatic rings. The monoisotopic (exact) mass is 317 g/mol. The summed E-state index contributed by atoms with van der Waals surface area (Å²) >= 11 is 5.39. The normalized spacial score (nSPS) is 14.6. The molecule has 2 nitrogen and oxygen atoms in total. The molecule has 0 aromatic heterocycles. The Bertz CT molecular complexity index is 359. The van der Waals surface area contributed by atoms with Crippen LogP contribution in [0.3, 0.4) is 0 Å². The number of rotatable bonds is 6. The predicted octanol–water partition coefficient (Wildman–Crippen LogP) is 3.45. The third kappa shape index (κ3) is 4.62. The van der Waals surface area contributed by atoms with Gasteiger partial charge in [-0.05, 0) is 53.5 Å². The first-order valence-electron chi connectivity index (χ1n) is 5.78. The Morgan fingerprint density at radius 2 is 2.12 bits per heavy atom. The molecule has 2 atom stereocenters. The quantitative estimate of drug-likeness (QED) is 0.788. The fraction of sp³-hybridized carbons (Fsp3) is 0.538. The molecule has 0 bridgehead atoms. The van der Waals surface area contributed by atoms with Gasteiger partial charge in [0.15, 0.2) is 0 Å². The number of benzene rings is 1. The molecule has 0 aliphatic rings. The zero-order chi connectivity index (χ0) is 12.8. The van der Waals surface area contributed by atoms with E-state index in [0.29, 0.717) is 12.0 Å². The van der Waals surface area contributed by atoms with Crippen molar-refractivity contribution in [3.63, 3.8) is 0 Å². The molecule has 0 spiro atoms. The van der Waals surface area contributed by atoms with Crippen LogP contribution in [0.5, 0.6) is 0 Å². The number of hydrogen-bond acceptors (Lipinski definition) is 3. The third-order valence-corrected chi connectivity index (χ3v) is 5.05. The molecular weight excluding hydrogens is 298 g/mol. The maximum absolute atomic E-state index is 9.00. The van der Waals surface area contributed by atoms with Gasteiger partial charge in [-0.3, -0.25) is 0 Å². The van der Waals surface area contributed by atoms with Gasteiger partial charge in [-0.15, -0.1) is 11.8 Å². The summed E-state index contributed by atoms with van der Waals surface area (Å²) in [5, 5.41) is 12.2. The topological polar surface area (TPSA) is 32.3 Å². The van der Waals surface area contributed by atoms with Crippen molar-refractivity contribution >= 4 is 27.7 Å². The Labute approximate surface area is 116 Å². The number of nitrogens with one attached hydrogen (secondary N) is 1. The summed E-state index contributed by atoms with van der Waals surface area (Å²) < 4.78 is 1.13. The highest BCUT2D eigenvalue weighted by atomic mass is 79.9. The van der Waals surface area contributed by atoms with Crippen molar-refractivity contribution in [2.75, 3.05) is 19.4 Å². The van der Waals surface area contributed by atoms with E-state index in [-0.39, 0.29) is 6.61 Å². The lowest BCUT2D eigenvalue weighted by Crippen LogP contribution is -2.12. The number of thioether (sulfide) groups is 1. The second kappa shape index (κ2) is 7.41. The van der Waals surface area contributed by atoms with E-state index in [9.17, 15) is 0 Å². The van der Waals surface area contributed by atoms with Crippen LogP contribution in [-0.4, -0.2) is 24.5 Å². The van der Waals surface area contributed by atoms with Crippen molar-refractivity contribution in [3.05, 3.63) is 28.2 Å². The first-order valence-corrected chi connectivity index (χ1v) is 7.56. The molecule has 2 N–H and O–H groups in total. The van der Waals surface area contributed by atoms with E-state index in [4.69, 9.17) is 5.11 Å². The minimum Gasteiger partial charge on any atom is -0.396 e. The fourth-order valence-corrected chi connectivity index (χ4v) is 3.03. The highest BCUT2D eigenvalue weighted by molar-refractivity contribution is 9.10. The van der Waals surface area contributed by atoms with E-state index in [0.717, 1.165) is 10.2 Å². The molecule has 0 fully saturated rings. The first kappa shape index (κ1) is 15.0. The SMILES string of the molecule is CNC(C)c1ccc(SCC(C)CO)c(Br)c1. The molecule has 17 heavy (non-hydrogen) atoms. The molecular formula is C13H20BrNOS. The van der Waals surface area contributed by atoms with Crippen LogP contribution in [0.4, 0.5) is 0 Å². The van der Waals surface area contributed by atoms with Gasteiger partial charge >= 0.3 is 0 Å². The standard InChI is InChI=1S/C13H20BrNOS/c1-9(7-16)8-17-13-5-4-11(6-12(13)14)10(2)15-3/h4-6,9-10,15-16H,7-8H2,1-3H3. The van der Waals surface area contributed by atoms with Crippen LogP contribution >= 0.6 is 27.7 Å². The van der Waals surface area contributed by atoms with Gasteiger partial charge in [0.2, 0.25) is 0 Å². The van der Waals surface area contributed by atoms with E-state index >= 15 is 0 Å². The second-order valence-electron chi connectivity index (χ2n) is 4.30. The zero-order valence-corrected chi connectivity index (χ0v) is 12.9. The van der Waals surface area contributed by atoms with Crippen LogP contribution in [0, 0.1) is 5.92 Å². The minimum atomic E-state index is 0.249. The summed E-state index contributed by atoms with van der Waals surface area (Å²) in [6, 6.07) is 6.81.